The van der Waals surface area contributed by atoms with Gasteiger partial charge in [-0.2, -0.15) is 0 Å². The fraction of sp³-hybridized carbons (Fsp3) is 0.444. The maximum atomic E-state index is 11.8. The Kier molecular flexibility index (Phi) is 7.48. The number of carbonyl (C=O) groups is 1. The van der Waals surface area contributed by atoms with Gasteiger partial charge in [-0.25, -0.2) is 4.79 Å². The summed E-state index contributed by atoms with van der Waals surface area (Å²) in [7, 11) is 0. The van der Waals surface area contributed by atoms with Crippen LogP contribution >= 0.6 is 0 Å². The molecule has 0 aromatic heterocycles. The van der Waals surface area contributed by atoms with Gasteiger partial charge in [0, 0.05) is 30.5 Å². The third-order valence-corrected chi connectivity index (χ3v) is 6.35. The molecule has 1 fully saturated rings. The highest BCUT2D eigenvalue weighted by Crippen LogP contribution is 2.38. The lowest BCUT2D eigenvalue weighted by Gasteiger charge is -2.37. The standard InChI is InChI=1S/C27H33NO4/c1-2-3-14-31-15-16-32-25-10-7-20(8-11-25)21-9-12-26-22(17-21)18-23(27(29)30)19-24-6-4-5-13-28(24)26/h7-12,17-18,24H,2-6,13-16,19H2,1H3,(H,29,30). The molecule has 2 aromatic rings. The predicted octanol–water partition coefficient (Wildman–Crippen LogP) is 5.78. The molecule has 170 valence electrons. The smallest absolute Gasteiger partial charge is 0.331 e. The summed E-state index contributed by atoms with van der Waals surface area (Å²) in [6.45, 7) is 5.07. The average Bonchev–Trinajstić information content (AvgIpc) is 2.98. The minimum Gasteiger partial charge on any atom is -0.491 e. The fourth-order valence-electron chi connectivity index (χ4n) is 4.60. The monoisotopic (exact) mass is 435 g/mol. The second-order valence-corrected chi connectivity index (χ2v) is 8.63. The van der Waals surface area contributed by atoms with Gasteiger partial charge in [0.05, 0.1) is 6.61 Å². The Morgan fingerprint density at radius 3 is 2.66 bits per heavy atom. The summed E-state index contributed by atoms with van der Waals surface area (Å²) in [6.07, 6.45) is 8.07. The van der Waals surface area contributed by atoms with E-state index < -0.39 is 5.97 Å². The molecule has 1 unspecified atom stereocenters. The van der Waals surface area contributed by atoms with Crippen molar-refractivity contribution in [3.05, 3.63) is 53.6 Å². The summed E-state index contributed by atoms with van der Waals surface area (Å²) >= 11 is 0. The number of nitrogens with zero attached hydrogens (tertiary/aromatic N) is 1. The van der Waals surface area contributed by atoms with Gasteiger partial charge in [0.15, 0.2) is 0 Å². The number of anilines is 1. The van der Waals surface area contributed by atoms with E-state index in [1.807, 2.05) is 18.2 Å². The topological polar surface area (TPSA) is 59.0 Å². The lowest BCUT2D eigenvalue weighted by Crippen LogP contribution is -2.39. The minimum absolute atomic E-state index is 0.278. The quantitative estimate of drug-likeness (QED) is 0.506. The number of fused-ring (bicyclic) bond motifs is 3. The number of ether oxygens (including phenoxy) is 2. The Morgan fingerprint density at radius 2 is 1.88 bits per heavy atom. The van der Waals surface area contributed by atoms with Gasteiger partial charge in [-0.15, -0.1) is 0 Å². The fourth-order valence-corrected chi connectivity index (χ4v) is 4.60. The molecule has 0 spiro atoms. The van der Waals surface area contributed by atoms with Crippen LogP contribution in [0.15, 0.2) is 48.0 Å². The number of aliphatic carboxylic acids is 1. The number of hydrogen-bond donors (Lipinski definition) is 1. The Balaban J connectivity index is 1.49. The molecule has 1 saturated heterocycles. The van der Waals surface area contributed by atoms with Crippen LogP contribution in [-0.2, 0) is 9.53 Å². The van der Waals surface area contributed by atoms with E-state index in [-0.39, 0.29) is 6.04 Å². The predicted molar refractivity (Wildman–Crippen MR) is 128 cm³/mol. The molecule has 2 heterocycles. The van der Waals surface area contributed by atoms with Crippen molar-refractivity contribution in [1.82, 2.24) is 0 Å². The Morgan fingerprint density at radius 1 is 1.06 bits per heavy atom. The number of unbranched alkanes of at least 4 members (excludes halogenated alkanes) is 1. The summed E-state index contributed by atoms with van der Waals surface area (Å²) in [6, 6.07) is 14.8. The lowest BCUT2D eigenvalue weighted by atomic mass is 9.96. The molecular weight excluding hydrogens is 402 g/mol. The van der Waals surface area contributed by atoms with Crippen molar-refractivity contribution in [3.8, 4) is 16.9 Å². The highest BCUT2D eigenvalue weighted by atomic mass is 16.5. The van der Waals surface area contributed by atoms with Crippen LogP contribution in [0.2, 0.25) is 0 Å². The number of carboxylic acid groups (broad SMARTS) is 1. The van der Waals surface area contributed by atoms with E-state index >= 15 is 0 Å². The maximum Gasteiger partial charge on any atom is 0.331 e. The van der Waals surface area contributed by atoms with Crippen LogP contribution in [0.1, 0.15) is 51.0 Å². The van der Waals surface area contributed by atoms with Crippen molar-refractivity contribution >= 4 is 17.7 Å². The molecule has 5 nitrogen and oxygen atoms in total. The van der Waals surface area contributed by atoms with E-state index in [4.69, 9.17) is 9.47 Å². The van der Waals surface area contributed by atoms with E-state index in [0.29, 0.717) is 25.2 Å². The van der Waals surface area contributed by atoms with Crippen LogP contribution in [0.25, 0.3) is 17.2 Å². The van der Waals surface area contributed by atoms with Crippen LogP contribution in [-0.4, -0.2) is 43.5 Å². The second-order valence-electron chi connectivity index (χ2n) is 8.63. The van der Waals surface area contributed by atoms with Gasteiger partial charge in [-0.1, -0.05) is 31.5 Å². The zero-order valence-electron chi connectivity index (χ0n) is 18.9. The molecule has 4 rings (SSSR count). The molecule has 0 amide bonds. The minimum atomic E-state index is -0.811. The van der Waals surface area contributed by atoms with Crippen molar-refractivity contribution in [2.75, 3.05) is 31.3 Å². The molecule has 5 heteroatoms. The summed E-state index contributed by atoms with van der Waals surface area (Å²) in [5.41, 5.74) is 4.81. The maximum absolute atomic E-state index is 11.8. The van der Waals surface area contributed by atoms with Crippen LogP contribution in [0.5, 0.6) is 5.75 Å². The first-order valence-corrected chi connectivity index (χ1v) is 11.8. The number of rotatable bonds is 9. The zero-order chi connectivity index (χ0) is 22.3. The molecule has 0 saturated carbocycles. The highest BCUT2D eigenvalue weighted by molar-refractivity contribution is 5.95. The second kappa shape index (κ2) is 10.7. The van der Waals surface area contributed by atoms with Crippen LogP contribution in [0.4, 0.5) is 5.69 Å². The van der Waals surface area contributed by atoms with E-state index in [9.17, 15) is 9.90 Å². The van der Waals surface area contributed by atoms with E-state index in [1.165, 1.54) is 6.42 Å². The van der Waals surface area contributed by atoms with Gasteiger partial charge < -0.3 is 19.5 Å². The molecule has 0 bridgehead atoms. The zero-order valence-corrected chi connectivity index (χ0v) is 18.9. The van der Waals surface area contributed by atoms with Gasteiger partial charge in [-0.05, 0) is 79.1 Å². The molecule has 0 aliphatic carbocycles. The third kappa shape index (κ3) is 5.33. The average molecular weight is 436 g/mol. The SMILES string of the molecule is CCCCOCCOc1ccc(-c2ccc3c(c2)C=C(C(=O)O)CC2CCCCN32)cc1. The molecule has 1 atom stereocenters. The summed E-state index contributed by atoms with van der Waals surface area (Å²) in [4.78, 5) is 14.2. The van der Waals surface area contributed by atoms with Crippen molar-refractivity contribution in [3.63, 3.8) is 0 Å². The Bertz CT molecular complexity index is 951. The molecule has 2 aliphatic heterocycles. The van der Waals surface area contributed by atoms with Gasteiger partial charge in [0.2, 0.25) is 0 Å². The van der Waals surface area contributed by atoms with Crippen molar-refractivity contribution in [2.24, 2.45) is 0 Å². The molecule has 0 radical (unpaired) electrons. The molecule has 1 N–H and O–H groups in total. The van der Waals surface area contributed by atoms with Crippen molar-refractivity contribution in [1.29, 1.82) is 0 Å². The van der Waals surface area contributed by atoms with E-state index in [0.717, 1.165) is 67.0 Å². The normalized spacial score (nSPS) is 17.7. The van der Waals surface area contributed by atoms with Gasteiger partial charge in [-0.3, -0.25) is 0 Å². The summed E-state index contributed by atoms with van der Waals surface area (Å²) < 4.78 is 11.3. The van der Waals surface area contributed by atoms with Crippen LogP contribution in [0.3, 0.4) is 0 Å². The Hall–Kier alpha value is -2.79. The largest absolute Gasteiger partial charge is 0.491 e. The molecule has 2 aliphatic rings. The van der Waals surface area contributed by atoms with E-state index in [1.54, 1.807) is 0 Å². The number of carboxylic acids is 1. The summed E-state index contributed by atoms with van der Waals surface area (Å²) in [5.74, 6) is 0.0146. The first-order valence-electron chi connectivity index (χ1n) is 11.8. The van der Waals surface area contributed by atoms with Crippen molar-refractivity contribution in [2.45, 2.75) is 51.5 Å². The van der Waals surface area contributed by atoms with Crippen LogP contribution < -0.4 is 9.64 Å². The first-order chi connectivity index (χ1) is 15.7. The van der Waals surface area contributed by atoms with E-state index in [2.05, 4.69) is 42.2 Å². The summed E-state index contributed by atoms with van der Waals surface area (Å²) in [5, 5.41) is 9.72. The molecular formula is C27H33NO4. The van der Waals surface area contributed by atoms with Gasteiger partial charge in [0.25, 0.3) is 0 Å². The van der Waals surface area contributed by atoms with Gasteiger partial charge >= 0.3 is 5.97 Å². The number of benzene rings is 2. The van der Waals surface area contributed by atoms with Gasteiger partial charge in [0.1, 0.15) is 12.4 Å². The lowest BCUT2D eigenvalue weighted by molar-refractivity contribution is -0.132. The highest BCUT2D eigenvalue weighted by Gasteiger charge is 2.29. The molecule has 2 aromatic carbocycles. The van der Waals surface area contributed by atoms with Crippen molar-refractivity contribution < 1.29 is 19.4 Å². The Labute approximate surface area is 190 Å². The molecule has 32 heavy (non-hydrogen) atoms. The van der Waals surface area contributed by atoms with Crippen LogP contribution in [0, 0.1) is 0 Å². The first kappa shape index (κ1) is 22.4. The number of hydrogen-bond acceptors (Lipinski definition) is 4. The third-order valence-electron chi connectivity index (χ3n) is 6.35. The number of piperidine rings is 1.